The van der Waals surface area contributed by atoms with Crippen LogP contribution in [-0.4, -0.2) is 39.3 Å². The van der Waals surface area contributed by atoms with Crippen molar-refractivity contribution in [3.05, 3.63) is 69.8 Å². The molecule has 0 aliphatic carbocycles. The van der Waals surface area contributed by atoms with E-state index in [2.05, 4.69) is 25.9 Å². The van der Waals surface area contributed by atoms with E-state index in [0.29, 0.717) is 18.3 Å². The minimum atomic E-state index is -0.0216. The quantitative estimate of drug-likeness (QED) is 0.497. The fraction of sp³-hybridized carbons (Fsp3) is 0.318. The standard InChI is InChI=1S/C22H24N4O2S/c1-3-28-17-6-4-5-16(11-17)19-8-7-15(12-23-19)13-26-10-9-20-18(14-26)21(27)25-22(24-20)29-2/h4-8,11-12H,3,9-10,13-14H2,1-2H3,(H,24,25,27). The molecule has 0 saturated heterocycles. The van der Waals surface area contributed by atoms with E-state index in [1.807, 2.05) is 49.7 Å². The molecule has 0 bridgehead atoms. The van der Waals surface area contributed by atoms with E-state index in [-0.39, 0.29) is 5.56 Å². The maximum atomic E-state index is 12.4. The highest BCUT2D eigenvalue weighted by Crippen LogP contribution is 2.23. The lowest BCUT2D eigenvalue weighted by Crippen LogP contribution is -2.35. The van der Waals surface area contributed by atoms with Crippen molar-refractivity contribution >= 4 is 11.8 Å². The van der Waals surface area contributed by atoms with E-state index >= 15 is 0 Å². The molecule has 0 saturated carbocycles. The van der Waals surface area contributed by atoms with Gasteiger partial charge >= 0.3 is 0 Å². The average Bonchev–Trinajstić information content (AvgIpc) is 2.75. The number of aromatic amines is 1. The number of hydrogen-bond acceptors (Lipinski definition) is 6. The number of thioether (sulfide) groups is 1. The molecular formula is C22H24N4O2S. The second-order valence-corrected chi connectivity index (χ2v) is 7.77. The Morgan fingerprint density at radius 3 is 2.93 bits per heavy atom. The number of ether oxygens (including phenoxy) is 1. The molecule has 1 N–H and O–H groups in total. The maximum absolute atomic E-state index is 12.4. The van der Waals surface area contributed by atoms with Crippen molar-refractivity contribution in [3.8, 4) is 17.0 Å². The van der Waals surface area contributed by atoms with Gasteiger partial charge in [0.25, 0.3) is 5.56 Å². The van der Waals surface area contributed by atoms with Crippen molar-refractivity contribution in [3.63, 3.8) is 0 Å². The highest BCUT2D eigenvalue weighted by molar-refractivity contribution is 7.98. The van der Waals surface area contributed by atoms with Crippen molar-refractivity contribution in [2.45, 2.75) is 31.6 Å². The van der Waals surface area contributed by atoms with Crippen LogP contribution in [0.3, 0.4) is 0 Å². The molecule has 0 fully saturated rings. The minimum absolute atomic E-state index is 0.0216. The van der Waals surface area contributed by atoms with Gasteiger partial charge in [0, 0.05) is 37.8 Å². The number of H-pyrrole nitrogens is 1. The van der Waals surface area contributed by atoms with Crippen molar-refractivity contribution in [2.75, 3.05) is 19.4 Å². The molecular weight excluding hydrogens is 384 g/mol. The molecule has 0 amide bonds. The minimum Gasteiger partial charge on any atom is -0.494 e. The molecule has 2 aromatic heterocycles. The summed E-state index contributed by atoms with van der Waals surface area (Å²) < 4.78 is 5.58. The van der Waals surface area contributed by atoms with Crippen LogP contribution in [0.2, 0.25) is 0 Å². The van der Waals surface area contributed by atoms with Gasteiger partial charge < -0.3 is 9.72 Å². The first kappa shape index (κ1) is 19.7. The molecule has 150 valence electrons. The molecule has 4 rings (SSSR count). The smallest absolute Gasteiger partial charge is 0.256 e. The van der Waals surface area contributed by atoms with Crippen LogP contribution in [0, 0.1) is 0 Å². The van der Waals surface area contributed by atoms with Crippen LogP contribution in [0.4, 0.5) is 0 Å². The van der Waals surface area contributed by atoms with Gasteiger partial charge in [-0.25, -0.2) is 4.98 Å². The van der Waals surface area contributed by atoms with Crippen LogP contribution < -0.4 is 10.3 Å². The number of pyridine rings is 1. The summed E-state index contributed by atoms with van der Waals surface area (Å²) >= 11 is 1.47. The van der Waals surface area contributed by atoms with Crippen molar-refractivity contribution < 1.29 is 4.74 Å². The number of aromatic nitrogens is 3. The summed E-state index contributed by atoms with van der Waals surface area (Å²) in [5.41, 5.74) is 4.78. The summed E-state index contributed by atoms with van der Waals surface area (Å²) in [7, 11) is 0. The van der Waals surface area contributed by atoms with E-state index < -0.39 is 0 Å². The largest absolute Gasteiger partial charge is 0.494 e. The zero-order valence-electron chi connectivity index (χ0n) is 16.6. The summed E-state index contributed by atoms with van der Waals surface area (Å²) in [5, 5.41) is 0.690. The van der Waals surface area contributed by atoms with Crippen LogP contribution in [0.25, 0.3) is 11.3 Å². The number of benzene rings is 1. The van der Waals surface area contributed by atoms with Gasteiger partial charge in [-0.1, -0.05) is 30.0 Å². The summed E-state index contributed by atoms with van der Waals surface area (Å²) in [5.74, 6) is 0.853. The van der Waals surface area contributed by atoms with E-state index in [4.69, 9.17) is 4.74 Å². The maximum Gasteiger partial charge on any atom is 0.256 e. The Morgan fingerprint density at radius 2 is 2.17 bits per heavy atom. The predicted octanol–water partition coefficient (Wildman–Crippen LogP) is 3.51. The molecule has 1 aromatic carbocycles. The SMILES string of the molecule is CCOc1cccc(-c2ccc(CN3CCc4nc(SC)[nH]c(=O)c4C3)cn2)c1. The molecule has 0 spiro atoms. The van der Waals surface area contributed by atoms with Crippen LogP contribution in [0.5, 0.6) is 5.75 Å². The van der Waals surface area contributed by atoms with Crippen LogP contribution in [-0.2, 0) is 19.5 Å². The molecule has 1 aliphatic heterocycles. The van der Waals surface area contributed by atoms with Gasteiger partial charge in [0.2, 0.25) is 0 Å². The van der Waals surface area contributed by atoms with E-state index in [1.54, 1.807) is 0 Å². The highest BCUT2D eigenvalue weighted by atomic mass is 32.2. The molecule has 0 atom stereocenters. The van der Waals surface area contributed by atoms with Gasteiger partial charge in [0.15, 0.2) is 5.16 Å². The molecule has 3 heterocycles. The molecule has 29 heavy (non-hydrogen) atoms. The van der Waals surface area contributed by atoms with Crippen LogP contribution in [0.1, 0.15) is 23.7 Å². The van der Waals surface area contributed by atoms with Gasteiger partial charge in [0.05, 0.1) is 23.6 Å². The van der Waals surface area contributed by atoms with E-state index in [1.165, 1.54) is 11.8 Å². The number of rotatable bonds is 6. The van der Waals surface area contributed by atoms with Gasteiger partial charge in [0.1, 0.15) is 5.75 Å². The first-order chi connectivity index (χ1) is 14.2. The molecule has 0 radical (unpaired) electrons. The van der Waals surface area contributed by atoms with Crippen molar-refractivity contribution in [1.29, 1.82) is 0 Å². The summed E-state index contributed by atoms with van der Waals surface area (Å²) in [6.45, 7) is 4.88. The molecule has 0 unspecified atom stereocenters. The summed E-state index contributed by atoms with van der Waals surface area (Å²) in [6.07, 6.45) is 4.63. The molecule has 3 aromatic rings. The molecule has 6 nitrogen and oxygen atoms in total. The average molecular weight is 409 g/mol. The Morgan fingerprint density at radius 1 is 1.28 bits per heavy atom. The Kier molecular flexibility index (Phi) is 5.97. The fourth-order valence-electron chi connectivity index (χ4n) is 3.55. The zero-order chi connectivity index (χ0) is 20.2. The molecule has 7 heteroatoms. The number of nitrogens with one attached hydrogen (secondary N) is 1. The number of fused-ring (bicyclic) bond motifs is 1. The Labute approximate surface area is 174 Å². The van der Waals surface area contributed by atoms with E-state index in [9.17, 15) is 4.79 Å². The summed E-state index contributed by atoms with van der Waals surface area (Å²) in [4.78, 5) is 26.7. The second-order valence-electron chi connectivity index (χ2n) is 6.97. The monoisotopic (exact) mass is 408 g/mol. The van der Waals surface area contributed by atoms with Crippen LogP contribution >= 0.6 is 11.8 Å². The lowest BCUT2D eigenvalue weighted by Gasteiger charge is -2.27. The second kappa shape index (κ2) is 8.80. The summed E-state index contributed by atoms with van der Waals surface area (Å²) in [6, 6.07) is 12.1. The number of hydrogen-bond donors (Lipinski definition) is 1. The third kappa shape index (κ3) is 4.52. The predicted molar refractivity (Wildman–Crippen MR) is 115 cm³/mol. The Hall–Kier alpha value is -2.64. The first-order valence-electron chi connectivity index (χ1n) is 9.73. The lowest BCUT2D eigenvalue weighted by atomic mass is 10.1. The van der Waals surface area contributed by atoms with Gasteiger partial charge in [-0.2, -0.15) is 0 Å². The third-order valence-corrected chi connectivity index (χ3v) is 5.57. The van der Waals surface area contributed by atoms with Crippen LogP contribution in [0.15, 0.2) is 52.5 Å². The number of nitrogens with zero attached hydrogens (tertiary/aromatic N) is 3. The van der Waals surface area contributed by atoms with Crippen molar-refractivity contribution in [2.24, 2.45) is 0 Å². The first-order valence-corrected chi connectivity index (χ1v) is 11.0. The normalized spacial score (nSPS) is 13.9. The van der Waals surface area contributed by atoms with Gasteiger partial charge in [-0.05, 0) is 36.9 Å². The van der Waals surface area contributed by atoms with E-state index in [0.717, 1.165) is 53.3 Å². The van der Waals surface area contributed by atoms with Crippen molar-refractivity contribution in [1.82, 2.24) is 19.9 Å². The van der Waals surface area contributed by atoms with Gasteiger partial charge in [-0.3, -0.25) is 14.7 Å². The zero-order valence-corrected chi connectivity index (χ0v) is 17.5. The Balaban J connectivity index is 1.46. The topological polar surface area (TPSA) is 71.1 Å². The fourth-order valence-corrected chi connectivity index (χ4v) is 3.94. The Bertz CT molecular complexity index is 1050. The molecule has 1 aliphatic rings. The lowest BCUT2D eigenvalue weighted by molar-refractivity contribution is 0.240. The highest BCUT2D eigenvalue weighted by Gasteiger charge is 2.21. The third-order valence-electron chi connectivity index (χ3n) is 4.99. The van der Waals surface area contributed by atoms with Gasteiger partial charge in [-0.15, -0.1) is 0 Å².